The van der Waals surface area contributed by atoms with Crippen LogP contribution in [0.4, 0.5) is 10.5 Å². The Morgan fingerprint density at radius 2 is 1.75 bits per heavy atom. The molecule has 0 radical (unpaired) electrons. The summed E-state index contributed by atoms with van der Waals surface area (Å²) >= 11 is 0. The zero-order chi connectivity index (χ0) is 17.4. The second-order valence-corrected chi connectivity index (χ2v) is 5.91. The molecular formula is C19H25N3O2. The van der Waals surface area contributed by atoms with Crippen LogP contribution in [-0.4, -0.2) is 19.2 Å². The van der Waals surface area contributed by atoms with Crippen LogP contribution in [0.5, 0.6) is 5.75 Å². The Labute approximate surface area is 143 Å². The highest BCUT2D eigenvalue weighted by Gasteiger charge is 2.03. The van der Waals surface area contributed by atoms with Gasteiger partial charge in [0.1, 0.15) is 5.75 Å². The molecule has 2 rings (SSSR count). The fourth-order valence-corrected chi connectivity index (χ4v) is 2.27. The van der Waals surface area contributed by atoms with Crippen molar-refractivity contribution in [1.82, 2.24) is 10.6 Å². The lowest BCUT2D eigenvalue weighted by Crippen LogP contribution is -2.34. The Balaban J connectivity index is 1.80. The number of methoxy groups -OCH3 is 1. The van der Waals surface area contributed by atoms with Gasteiger partial charge in [-0.1, -0.05) is 24.3 Å². The molecule has 5 heteroatoms. The van der Waals surface area contributed by atoms with Crippen LogP contribution in [0.25, 0.3) is 0 Å². The molecule has 0 atom stereocenters. The van der Waals surface area contributed by atoms with Gasteiger partial charge >= 0.3 is 6.03 Å². The minimum Gasteiger partial charge on any atom is -0.497 e. The first-order chi connectivity index (χ1) is 11.6. The van der Waals surface area contributed by atoms with Crippen molar-refractivity contribution in [2.24, 2.45) is 0 Å². The van der Waals surface area contributed by atoms with E-state index in [-0.39, 0.29) is 12.1 Å². The normalized spacial score (nSPS) is 10.5. The van der Waals surface area contributed by atoms with Gasteiger partial charge < -0.3 is 20.7 Å². The molecule has 0 heterocycles. The minimum atomic E-state index is -0.186. The maximum Gasteiger partial charge on any atom is 0.319 e. The van der Waals surface area contributed by atoms with E-state index in [1.165, 1.54) is 5.56 Å². The Bertz CT molecular complexity index is 654. The molecule has 0 aliphatic rings. The van der Waals surface area contributed by atoms with Gasteiger partial charge in [0.25, 0.3) is 0 Å². The average molecular weight is 327 g/mol. The van der Waals surface area contributed by atoms with Crippen molar-refractivity contribution in [3.63, 3.8) is 0 Å². The Hall–Kier alpha value is -2.53. The summed E-state index contributed by atoms with van der Waals surface area (Å²) in [7, 11) is 1.67. The fraction of sp³-hybridized carbons (Fsp3) is 0.316. The first-order valence-electron chi connectivity index (χ1n) is 8.07. The van der Waals surface area contributed by atoms with E-state index in [9.17, 15) is 4.79 Å². The number of carbonyl (C=O) groups is 1. The van der Waals surface area contributed by atoms with E-state index in [1.54, 1.807) is 7.11 Å². The van der Waals surface area contributed by atoms with Gasteiger partial charge in [-0.2, -0.15) is 0 Å². The van der Waals surface area contributed by atoms with Gasteiger partial charge in [0.2, 0.25) is 0 Å². The van der Waals surface area contributed by atoms with Crippen molar-refractivity contribution >= 4 is 11.7 Å². The number of nitrogens with one attached hydrogen (secondary N) is 3. The summed E-state index contributed by atoms with van der Waals surface area (Å²) in [5.41, 5.74) is 3.12. The molecule has 5 nitrogen and oxygen atoms in total. The molecule has 0 unspecified atom stereocenters. The second-order valence-electron chi connectivity index (χ2n) is 5.91. The Morgan fingerprint density at radius 3 is 2.42 bits per heavy atom. The number of anilines is 1. The number of carbonyl (C=O) groups excluding carboxylic acids is 1. The van der Waals surface area contributed by atoms with E-state index in [1.807, 2.05) is 56.3 Å². The van der Waals surface area contributed by atoms with Crippen molar-refractivity contribution in [2.75, 3.05) is 12.4 Å². The molecule has 0 aliphatic carbocycles. The van der Waals surface area contributed by atoms with Gasteiger partial charge in [-0.15, -0.1) is 0 Å². The number of amides is 2. The van der Waals surface area contributed by atoms with Crippen LogP contribution in [0.2, 0.25) is 0 Å². The zero-order valence-corrected chi connectivity index (χ0v) is 14.4. The van der Waals surface area contributed by atoms with Crippen LogP contribution in [0.3, 0.4) is 0 Å². The lowest BCUT2D eigenvalue weighted by atomic mass is 10.2. The highest BCUT2D eigenvalue weighted by atomic mass is 16.5. The summed E-state index contributed by atoms with van der Waals surface area (Å²) in [5, 5.41) is 9.01. The lowest BCUT2D eigenvalue weighted by Gasteiger charge is -2.11. The van der Waals surface area contributed by atoms with Crippen LogP contribution in [0, 0.1) is 0 Å². The summed E-state index contributed by atoms with van der Waals surface area (Å²) < 4.78 is 5.22. The molecule has 0 saturated carbocycles. The summed E-state index contributed by atoms with van der Waals surface area (Å²) in [4.78, 5) is 11.6. The summed E-state index contributed by atoms with van der Waals surface area (Å²) in [6.45, 7) is 5.39. The molecule has 2 amide bonds. The highest BCUT2D eigenvalue weighted by Crippen LogP contribution is 2.13. The van der Waals surface area contributed by atoms with Crippen molar-refractivity contribution in [3.8, 4) is 5.75 Å². The van der Waals surface area contributed by atoms with E-state index in [0.717, 1.165) is 30.1 Å². The van der Waals surface area contributed by atoms with Gasteiger partial charge in [-0.3, -0.25) is 0 Å². The molecule has 0 bridgehead atoms. The van der Waals surface area contributed by atoms with Crippen LogP contribution in [0.15, 0.2) is 48.5 Å². The quantitative estimate of drug-likeness (QED) is 0.729. The van der Waals surface area contributed by atoms with E-state index in [4.69, 9.17) is 4.74 Å². The summed E-state index contributed by atoms with van der Waals surface area (Å²) in [5.74, 6) is 0.865. The van der Waals surface area contributed by atoms with Crippen LogP contribution in [-0.2, 0) is 13.1 Å². The van der Waals surface area contributed by atoms with Gasteiger partial charge in [0.15, 0.2) is 0 Å². The minimum absolute atomic E-state index is 0.116. The first-order valence-corrected chi connectivity index (χ1v) is 8.07. The zero-order valence-electron chi connectivity index (χ0n) is 14.4. The van der Waals surface area contributed by atoms with E-state index >= 15 is 0 Å². The highest BCUT2D eigenvalue weighted by molar-refractivity contribution is 5.89. The maximum atomic E-state index is 11.6. The number of hydrogen-bond acceptors (Lipinski definition) is 3. The first kappa shape index (κ1) is 17.8. The largest absolute Gasteiger partial charge is 0.497 e. The fourth-order valence-electron chi connectivity index (χ4n) is 2.27. The number of benzene rings is 2. The summed E-state index contributed by atoms with van der Waals surface area (Å²) in [6.07, 6.45) is 0. The molecule has 0 fully saturated rings. The predicted molar refractivity (Wildman–Crippen MR) is 97.3 cm³/mol. The lowest BCUT2D eigenvalue weighted by molar-refractivity contribution is 0.250. The number of urea groups is 1. The third kappa shape index (κ3) is 5.93. The molecule has 2 aromatic rings. The van der Waals surface area contributed by atoms with Crippen LogP contribution in [0.1, 0.15) is 25.0 Å². The van der Waals surface area contributed by atoms with Crippen molar-refractivity contribution < 1.29 is 9.53 Å². The molecule has 0 saturated heterocycles. The Morgan fingerprint density at radius 1 is 1.04 bits per heavy atom. The molecule has 0 spiro atoms. The van der Waals surface area contributed by atoms with E-state index in [2.05, 4.69) is 22.0 Å². The van der Waals surface area contributed by atoms with Crippen molar-refractivity contribution in [1.29, 1.82) is 0 Å². The number of hydrogen-bond donors (Lipinski definition) is 3. The third-order valence-corrected chi connectivity index (χ3v) is 3.42. The second kappa shape index (κ2) is 8.93. The molecule has 2 aromatic carbocycles. The van der Waals surface area contributed by atoms with Crippen LogP contribution >= 0.6 is 0 Å². The van der Waals surface area contributed by atoms with E-state index in [0.29, 0.717) is 0 Å². The molecule has 128 valence electrons. The van der Waals surface area contributed by atoms with E-state index < -0.39 is 0 Å². The van der Waals surface area contributed by atoms with Gasteiger partial charge in [-0.25, -0.2) is 4.79 Å². The average Bonchev–Trinajstić information content (AvgIpc) is 2.56. The standard InChI is InChI=1S/C19H25N3O2/c1-14(2)21-19(23)22-17-9-7-15(8-10-17)12-20-13-16-5-4-6-18(11-16)24-3/h4-11,14,20H,12-13H2,1-3H3,(H2,21,22,23). The molecular weight excluding hydrogens is 302 g/mol. The number of ether oxygens (including phenoxy) is 1. The van der Waals surface area contributed by atoms with Crippen molar-refractivity contribution in [3.05, 3.63) is 59.7 Å². The number of rotatable bonds is 7. The SMILES string of the molecule is COc1cccc(CNCc2ccc(NC(=O)NC(C)C)cc2)c1. The predicted octanol–water partition coefficient (Wildman–Crippen LogP) is 3.51. The molecule has 0 aromatic heterocycles. The maximum absolute atomic E-state index is 11.6. The molecule has 3 N–H and O–H groups in total. The Kier molecular flexibility index (Phi) is 6.63. The topological polar surface area (TPSA) is 62.4 Å². The van der Waals surface area contributed by atoms with Crippen LogP contribution < -0.4 is 20.7 Å². The summed E-state index contributed by atoms with van der Waals surface area (Å²) in [6, 6.07) is 15.8. The molecule has 24 heavy (non-hydrogen) atoms. The van der Waals surface area contributed by atoms with Gasteiger partial charge in [0, 0.05) is 24.8 Å². The smallest absolute Gasteiger partial charge is 0.319 e. The van der Waals surface area contributed by atoms with Crippen molar-refractivity contribution in [2.45, 2.75) is 33.0 Å². The van der Waals surface area contributed by atoms with Gasteiger partial charge in [0.05, 0.1) is 7.11 Å². The molecule has 0 aliphatic heterocycles. The van der Waals surface area contributed by atoms with Gasteiger partial charge in [-0.05, 0) is 49.2 Å². The third-order valence-electron chi connectivity index (χ3n) is 3.42. The monoisotopic (exact) mass is 327 g/mol.